The monoisotopic (exact) mass is 480 g/mol. The molecule has 0 atom stereocenters. The summed E-state index contributed by atoms with van der Waals surface area (Å²) in [5, 5.41) is 6.44. The van der Waals surface area contributed by atoms with Crippen LogP contribution in [0.1, 0.15) is 38.2 Å². The summed E-state index contributed by atoms with van der Waals surface area (Å²) in [7, 11) is 3.88. The van der Waals surface area contributed by atoms with Gasteiger partial charge in [-0.25, -0.2) is 9.78 Å². The quantitative estimate of drug-likeness (QED) is 0.597. The number of aryl methyl sites for hydroxylation is 1. The zero-order valence-electron chi connectivity index (χ0n) is 19.8. The Morgan fingerprint density at radius 2 is 1.74 bits per heavy atom. The van der Waals surface area contributed by atoms with Crippen molar-refractivity contribution >= 4 is 23.5 Å². The number of rotatable bonds is 7. The molecule has 186 valence electrons. The number of halogens is 3. The van der Waals surface area contributed by atoms with Gasteiger partial charge in [-0.05, 0) is 63.8 Å². The van der Waals surface area contributed by atoms with Crippen LogP contribution in [0.5, 0.6) is 5.75 Å². The number of ether oxygens (including phenoxy) is 1. The molecule has 0 unspecified atom stereocenters. The van der Waals surface area contributed by atoms with Crippen molar-refractivity contribution in [2.45, 2.75) is 58.0 Å². The number of alkyl halides is 3. The Morgan fingerprint density at radius 1 is 1.12 bits per heavy atom. The first-order chi connectivity index (χ1) is 16.1. The van der Waals surface area contributed by atoms with Crippen LogP contribution in [-0.2, 0) is 0 Å². The highest BCUT2D eigenvalue weighted by Gasteiger charge is 2.31. The summed E-state index contributed by atoms with van der Waals surface area (Å²) in [5.41, 5.74) is 1.50. The molecule has 0 spiro atoms. The van der Waals surface area contributed by atoms with Crippen molar-refractivity contribution in [1.82, 2.24) is 15.3 Å². The van der Waals surface area contributed by atoms with E-state index in [1.54, 1.807) is 6.20 Å². The first kappa shape index (κ1) is 25.4. The molecule has 1 fully saturated rings. The molecule has 0 bridgehead atoms. The van der Waals surface area contributed by atoms with Crippen molar-refractivity contribution < 1.29 is 22.7 Å². The lowest BCUT2D eigenvalue weighted by Crippen LogP contribution is -2.47. The Kier molecular flexibility index (Phi) is 8.06. The Labute approximate surface area is 197 Å². The molecule has 1 heterocycles. The highest BCUT2D eigenvalue weighted by atomic mass is 19.4. The molecule has 34 heavy (non-hydrogen) atoms. The summed E-state index contributed by atoms with van der Waals surface area (Å²) in [6.45, 7) is 4.16. The first-order valence-electron chi connectivity index (χ1n) is 11.3. The van der Waals surface area contributed by atoms with Crippen molar-refractivity contribution in [3.05, 3.63) is 36.0 Å². The fourth-order valence-electron chi connectivity index (χ4n) is 4.04. The van der Waals surface area contributed by atoms with E-state index in [0.717, 1.165) is 37.1 Å². The topological polar surface area (TPSA) is 82.6 Å². The lowest BCUT2D eigenvalue weighted by atomic mass is 9.91. The van der Waals surface area contributed by atoms with E-state index in [4.69, 9.17) is 0 Å². The zero-order valence-corrected chi connectivity index (χ0v) is 19.8. The summed E-state index contributed by atoms with van der Waals surface area (Å²) in [6.07, 6.45) is 0.358. The number of carbonyl (C=O) groups is 1. The van der Waals surface area contributed by atoms with Crippen LogP contribution in [0, 0.1) is 6.92 Å². The van der Waals surface area contributed by atoms with Crippen LogP contribution in [0.15, 0.2) is 30.5 Å². The van der Waals surface area contributed by atoms with Gasteiger partial charge < -0.3 is 20.3 Å². The third-order valence-corrected chi connectivity index (χ3v) is 5.70. The standard InChI is InChI=1S/C23H31F3N6O2/c1-5-32(18-10-12-19(13-11-18)34-23(24,25)26)22(33)29-17-8-6-16(7-9-17)28-21-27-14-15(2)20(30-21)31(3)4/h10-14,16-17H,5-9H2,1-4H3,(H,29,33)(H,27,28,30). The minimum absolute atomic E-state index is 0.0173. The van der Waals surface area contributed by atoms with Crippen LogP contribution >= 0.6 is 0 Å². The Bertz CT molecular complexity index is 960. The van der Waals surface area contributed by atoms with E-state index in [2.05, 4.69) is 25.3 Å². The molecular formula is C23H31F3N6O2. The highest BCUT2D eigenvalue weighted by Crippen LogP contribution is 2.26. The minimum atomic E-state index is -4.75. The Morgan fingerprint density at radius 3 is 2.29 bits per heavy atom. The van der Waals surface area contributed by atoms with E-state index in [9.17, 15) is 18.0 Å². The van der Waals surface area contributed by atoms with Gasteiger partial charge >= 0.3 is 12.4 Å². The smallest absolute Gasteiger partial charge is 0.406 e. The largest absolute Gasteiger partial charge is 0.573 e. The molecule has 1 saturated carbocycles. The second-order valence-corrected chi connectivity index (χ2v) is 8.52. The molecule has 0 saturated heterocycles. The van der Waals surface area contributed by atoms with Crippen LogP contribution in [-0.4, -0.2) is 55.1 Å². The first-order valence-corrected chi connectivity index (χ1v) is 11.3. The molecular weight excluding hydrogens is 449 g/mol. The molecule has 2 amide bonds. The van der Waals surface area contributed by atoms with Crippen LogP contribution in [0.3, 0.4) is 0 Å². The lowest BCUT2D eigenvalue weighted by Gasteiger charge is -2.31. The number of amides is 2. The summed E-state index contributed by atoms with van der Waals surface area (Å²) in [4.78, 5) is 25.2. The number of hydrogen-bond acceptors (Lipinski definition) is 6. The number of hydrogen-bond donors (Lipinski definition) is 2. The average Bonchev–Trinajstić information content (AvgIpc) is 2.77. The third kappa shape index (κ3) is 6.88. The number of carbonyl (C=O) groups excluding carboxylic acids is 1. The molecule has 0 aliphatic heterocycles. The number of aromatic nitrogens is 2. The average molecular weight is 481 g/mol. The van der Waals surface area contributed by atoms with Gasteiger partial charge in [-0.15, -0.1) is 13.2 Å². The van der Waals surface area contributed by atoms with Gasteiger partial charge in [0.15, 0.2) is 0 Å². The SMILES string of the molecule is CCN(C(=O)NC1CCC(Nc2ncc(C)c(N(C)C)n2)CC1)c1ccc(OC(F)(F)F)cc1. The lowest BCUT2D eigenvalue weighted by molar-refractivity contribution is -0.274. The summed E-state index contributed by atoms with van der Waals surface area (Å²) >= 11 is 0. The number of anilines is 3. The molecule has 1 aromatic carbocycles. The maximum atomic E-state index is 12.8. The van der Waals surface area contributed by atoms with E-state index in [1.807, 2.05) is 32.8 Å². The number of nitrogens with one attached hydrogen (secondary N) is 2. The molecule has 2 aromatic rings. The van der Waals surface area contributed by atoms with Crippen molar-refractivity contribution in [2.75, 3.05) is 35.8 Å². The predicted octanol–water partition coefficient (Wildman–Crippen LogP) is 4.71. The molecule has 1 aromatic heterocycles. The van der Waals surface area contributed by atoms with Gasteiger partial charge in [0.25, 0.3) is 0 Å². The minimum Gasteiger partial charge on any atom is -0.406 e. The molecule has 1 aliphatic rings. The van der Waals surface area contributed by atoms with E-state index in [0.29, 0.717) is 18.2 Å². The highest BCUT2D eigenvalue weighted by molar-refractivity contribution is 5.92. The van der Waals surface area contributed by atoms with Gasteiger partial charge in [0.05, 0.1) is 0 Å². The fourth-order valence-corrected chi connectivity index (χ4v) is 4.04. The van der Waals surface area contributed by atoms with E-state index >= 15 is 0 Å². The molecule has 8 nitrogen and oxygen atoms in total. The van der Waals surface area contributed by atoms with E-state index in [1.165, 1.54) is 29.2 Å². The zero-order chi connectivity index (χ0) is 24.9. The van der Waals surface area contributed by atoms with Crippen molar-refractivity contribution in [3.63, 3.8) is 0 Å². The maximum Gasteiger partial charge on any atom is 0.573 e. The molecule has 2 N–H and O–H groups in total. The van der Waals surface area contributed by atoms with Gasteiger partial charge in [-0.3, -0.25) is 4.90 Å². The fraction of sp³-hybridized carbons (Fsp3) is 0.522. The van der Waals surface area contributed by atoms with Crippen molar-refractivity contribution in [2.24, 2.45) is 0 Å². The Balaban J connectivity index is 1.52. The number of urea groups is 1. The molecule has 3 rings (SSSR count). The molecule has 11 heteroatoms. The van der Waals surface area contributed by atoms with Gasteiger partial charge in [-0.1, -0.05) is 0 Å². The van der Waals surface area contributed by atoms with Gasteiger partial charge in [0, 0.05) is 50.2 Å². The summed E-state index contributed by atoms with van der Waals surface area (Å²) in [6, 6.07) is 5.23. The predicted molar refractivity (Wildman–Crippen MR) is 125 cm³/mol. The van der Waals surface area contributed by atoms with Crippen LogP contribution in [0.4, 0.5) is 35.4 Å². The van der Waals surface area contributed by atoms with Crippen LogP contribution < -0.4 is 25.2 Å². The Hall–Kier alpha value is -3.24. The van der Waals surface area contributed by atoms with Gasteiger partial charge in [0.1, 0.15) is 11.6 Å². The summed E-state index contributed by atoms with van der Waals surface area (Å²) < 4.78 is 41.0. The van der Waals surface area contributed by atoms with Crippen LogP contribution in [0.2, 0.25) is 0 Å². The van der Waals surface area contributed by atoms with Crippen LogP contribution in [0.25, 0.3) is 0 Å². The van der Waals surface area contributed by atoms with Gasteiger partial charge in [0.2, 0.25) is 5.95 Å². The molecule has 0 radical (unpaired) electrons. The molecule has 1 aliphatic carbocycles. The second kappa shape index (κ2) is 10.8. The van der Waals surface area contributed by atoms with Crippen molar-refractivity contribution in [3.8, 4) is 5.75 Å². The normalized spacial score (nSPS) is 18.2. The number of nitrogens with zero attached hydrogens (tertiary/aromatic N) is 4. The van der Waals surface area contributed by atoms with E-state index in [-0.39, 0.29) is 23.9 Å². The maximum absolute atomic E-state index is 12.8. The second-order valence-electron chi connectivity index (χ2n) is 8.52. The third-order valence-electron chi connectivity index (χ3n) is 5.70. The van der Waals surface area contributed by atoms with Crippen molar-refractivity contribution in [1.29, 1.82) is 0 Å². The van der Waals surface area contributed by atoms with Gasteiger partial charge in [-0.2, -0.15) is 4.98 Å². The summed E-state index contributed by atoms with van der Waals surface area (Å²) in [5.74, 6) is 1.14. The number of benzene rings is 1. The van der Waals surface area contributed by atoms with E-state index < -0.39 is 6.36 Å².